The number of hydroxylamine groups is 1. The summed E-state index contributed by atoms with van der Waals surface area (Å²) in [6.07, 6.45) is -2.74. The van der Waals surface area contributed by atoms with Gasteiger partial charge < -0.3 is 4.90 Å². The Kier molecular flexibility index (Phi) is 5.25. The van der Waals surface area contributed by atoms with Crippen LogP contribution in [0.2, 0.25) is 0 Å². The van der Waals surface area contributed by atoms with Gasteiger partial charge in [-0.15, -0.1) is 0 Å². The highest BCUT2D eigenvalue weighted by Crippen LogP contribution is 2.45. The summed E-state index contributed by atoms with van der Waals surface area (Å²) in [4.78, 5) is 26.7. The van der Waals surface area contributed by atoms with Crippen molar-refractivity contribution < 1.29 is 32.4 Å². The highest BCUT2D eigenvalue weighted by molar-refractivity contribution is 5.95. The van der Waals surface area contributed by atoms with E-state index in [-0.39, 0.29) is 12.5 Å². The van der Waals surface area contributed by atoms with Crippen molar-refractivity contribution >= 4 is 11.8 Å². The van der Waals surface area contributed by atoms with E-state index in [9.17, 15) is 27.2 Å². The summed E-state index contributed by atoms with van der Waals surface area (Å²) in [5.41, 5.74) is 2.00. The molecule has 0 bridgehead atoms. The summed E-state index contributed by atoms with van der Waals surface area (Å²) in [6.45, 7) is 0.461. The fourth-order valence-corrected chi connectivity index (χ4v) is 4.73. The number of carbonyl (C=O) groups is 2. The molecule has 1 aliphatic heterocycles. The van der Waals surface area contributed by atoms with Crippen molar-refractivity contribution in [2.45, 2.75) is 38.4 Å². The second-order valence-electron chi connectivity index (χ2n) is 8.13. The van der Waals surface area contributed by atoms with E-state index >= 15 is 0 Å². The van der Waals surface area contributed by atoms with Crippen molar-refractivity contribution in [2.75, 3.05) is 6.54 Å². The number of hydrogen-bond donors (Lipinski definition) is 2. The van der Waals surface area contributed by atoms with Crippen LogP contribution in [0.3, 0.4) is 0 Å². The standard InChI is InChI=1S/C22H20F4N2O3/c23-18-10-13(4-5-17(18)22(24,25)26)12-28-9-8-21(20(28)30)7-6-15-14(11-21)2-1-3-16(15)19(29)27-31/h1-5,10,31H,6-9,11-12H2,(H,27,29). The van der Waals surface area contributed by atoms with E-state index in [1.54, 1.807) is 22.5 Å². The van der Waals surface area contributed by atoms with Gasteiger partial charge in [-0.25, -0.2) is 9.87 Å². The third kappa shape index (κ3) is 3.78. The molecule has 1 fully saturated rings. The van der Waals surface area contributed by atoms with E-state index in [4.69, 9.17) is 5.21 Å². The highest BCUT2D eigenvalue weighted by Gasteiger charge is 2.48. The summed E-state index contributed by atoms with van der Waals surface area (Å²) in [5.74, 6) is -2.07. The van der Waals surface area contributed by atoms with E-state index in [0.29, 0.717) is 49.4 Å². The molecule has 0 aromatic heterocycles. The summed E-state index contributed by atoms with van der Waals surface area (Å²) in [6, 6.07) is 7.89. The fraction of sp³-hybridized carbons (Fsp3) is 0.364. The van der Waals surface area contributed by atoms with Crippen LogP contribution < -0.4 is 5.48 Å². The molecule has 1 saturated heterocycles. The van der Waals surface area contributed by atoms with Gasteiger partial charge in [-0.2, -0.15) is 13.2 Å². The summed E-state index contributed by atoms with van der Waals surface area (Å²) in [5, 5.41) is 8.94. The average molecular weight is 436 g/mol. The number of amides is 2. The molecular formula is C22H20F4N2O3. The van der Waals surface area contributed by atoms with Crippen LogP contribution in [-0.4, -0.2) is 28.5 Å². The lowest BCUT2D eigenvalue weighted by molar-refractivity contribution is -0.140. The summed E-state index contributed by atoms with van der Waals surface area (Å²) >= 11 is 0. The number of hydrogen-bond acceptors (Lipinski definition) is 3. The zero-order valence-electron chi connectivity index (χ0n) is 16.4. The molecule has 0 radical (unpaired) electrons. The number of benzene rings is 2. The maximum absolute atomic E-state index is 13.9. The van der Waals surface area contributed by atoms with Gasteiger partial charge in [-0.1, -0.05) is 18.2 Å². The molecular weight excluding hydrogens is 416 g/mol. The minimum atomic E-state index is -4.77. The van der Waals surface area contributed by atoms with Crippen molar-refractivity contribution in [3.63, 3.8) is 0 Å². The second kappa shape index (κ2) is 7.64. The number of nitrogens with one attached hydrogen (secondary N) is 1. The van der Waals surface area contributed by atoms with Crippen LogP contribution in [0.15, 0.2) is 36.4 Å². The zero-order chi connectivity index (χ0) is 22.4. The SMILES string of the molecule is O=C(NO)c1cccc2c1CCC1(CCN(Cc3ccc(C(F)(F)F)c(F)c3)C1=O)C2. The van der Waals surface area contributed by atoms with Gasteiger partial charge in [0.1, 0.15) is 5.82 Å². The summed E-state index contributed by atoms with van der Waals surface area (Å²) in [7, 11) is 0. The van der Waals surface area contributed by atoms with Crippen molar-refractivity contribution in [3.05, 3.63) is 70.0 Å². The van der Waals surface area contributed by atoms with Gasteiger partial charge in [0.2, 0.25) is 5.91 Å². The molecule has 2 aromatic carbocycles. The minimum absolute atomic E-state index is 0.0372. The highest BCUT2D eigenvalue weighted by atomic mass is 19.4. The molecule has 5 nitrogen and oxygen atoms in total. The first kappa shape index (κ1) is 21.3. The minimum Gasteiger partial charge on any atom is -0.338 e. The number of halogens is 4. The first-order valence-corrected chi connectivity index (χ1v) is 9.85. The van der Waals surface area contributed by atoms with E-state index in [2.05, 4.69) is 0 Å². The first-order chi connectivity index (χ1) is 14.6. The molecule has 4 rings (SSSR count). The van der Waals surface area contributed by atoms with Crippen molar-refractivity contribution in [1.29, 1.82) is 0 Å². The topological polar surface area (TPSA) is 69.6 Å². The molecule has 9 heteroatoms. The van der Waals surface area contributed by atoms with Crippen LogP contribution in [0, 0.1) is 11.2 Å². The average Bonchev–Trinajstić information content (AvgIpc) is 3.01. The van der Waals surface area contributed by atoms with Gasteiger partial charge in [0.05, 0.1) is 11.0 Å². The van der Waals surface area contributed by atoms with Crippen LogP contribution in [0.4, 0.5) is 17.6 Å². The van der Waals surface area contributed by atoms with Gasteiger partial charge in [0.15, 0.2) is 0 Å². The fourth-order valence-electron chi connectivity index (χ4n) is 4.73. The predicted molar refractivity (Wildman–Crippen MR) is 102 cm³/mol. The van der Waals surface area contributed by atoms with Crippen LogP contribution in [0.25, 0.3) is 0 Å². The Bertz CT molecular complexity index is 1050. The van der Waals surface area contributed by atoms with Gasteiger partial charge >= 0.3 is 6.18 Å². The Morgan fingerprint density at radius 3 is 2.65 bits per heavy atom. The van der Waals surface area contributed by atoms with E-state index in [0.717, 1.165) is 17.2 Å². The van der Waals surface area contributed by atoms with Crippen molar-refractivity contribution in [2.24, 2.45) is 5.41 Å². The Balaban J connectivity index is 1.53. The number of nitrogens with zero attached hydrogens (tertiary/aromatic N) is 1. The van der Waals surface area contributed by atoms with Crippen LogP contribution in [0.5, 0.6) is 0 Å². The largest absolute Gasteiger partial charge is 0.419 e. The lowest BCUT2D eigenvalue weighted by atomic mass is 9.69. The Morgan fingerprint density at radius 1 is 1.19 bits per heavy atom. The van der Waals surface area contributed by atoms with E-state index < -0.39 is 28.9 Å². The van der Waals surface area contributed by atoms with E-state index in [1.807, 2.05) is 6.07 Å². The van der Waals surface area contributed by atoms with Crippen LogP contribution in [-0.2, 0) is 30.4 Å². The third-order valence-corrected chi connectivity index (χ3v) is 6.32. The summed E-state index contributed by atoms with van der Waals surface area (Å²) < 4.78 is 52.2. The third-order valence-electron chi connectivity index (χ3n) is 6.32. The maximum atomic E-state index is 13.9. The van der Waals surface area contributed by atoms with Gasteiger partial charge in [-0.05, 0) is 60.6 Å². The molecule has 164 valence electrons. The first-order valence-electron chi connectivity index (χ1n) is 9.85. The zero-order valence-corrected chi connectivity index (χ0v) is 16.4. The molecule has 2 N–H and O–H groups in total. The molecule has 31 heavy (non-hydrogen) atoms. The van der Waals surface area contributed by atoms with Crippen molar-refractivity contribution in [3.8, 4) is 0 Å². The number of fused-ring (bicyclic) bond motifs is 1. The predicted octanol–water partition coefficient (Wildman–Crippen LogP) is 3.87. The molecule has 1 heterocycles. The van der Waals surface area contributed by atoms with Gasteiger partial charge in [-0.3, -0.25) is 14.8 Å². The van der Waals surface area contributed by atoms with Crippen LogP contribution >= 0.6 is 0 Å². The molecule has 2 aromatic rings. The normalized spacial score (nSPS) is 20.8. The number of carbonyl (C=O) groups excluding carboxylic acids is 2. The molecule has 2 amide bonds. The number of rotatable bonds is 3. The smallest absolute Gasteiger partial charge is 0.338 e. The van der Waals surface area contributed by atoms with Crippen LogP contribution in [0.1, 0.15) is 45.5 Å². The molecule has 2 aliphatic rings. The monoisotopic (exact) mass is 436 g/mol. The van der Waals surface area contributed by atoms with Crippen molar-refractivity contribution in [1.82, 2.24) is 10.4 Å². The molecule has 0 saturated carbocycles. The number of alkyl halides is 3. The van der Waals surface area contributed by atoms with Gasteiger partial charge in [0, 0.05) is 18.7 Å². The Hall–Kier alpha value is -2.94. The second-order valence-corrected chi connectivity index (χ2v) is 8.13. The maximum Gasteiger partial charge on any atom is 0.419 e. The lowest BCUT2D eigenvalue weighted by Gasteiger charge is -2.34. The molecule has 1 unspecified atom stereocenters. The Labute approximate surface area is 175 Å². The molecule has 1 spiro atoms. The number of likely N-dealkylation sites (tertiary alicyclic amines) is 1. The van der Waals surface area contributed by atoms with Gasteiger partial charge in [0.25, 0.3) is 5.91 Å². The Morgan fingerprint density at radius 2 is 1.97 bits per heavy atom. The molecule has 1 aliphatic carbocycles. The van der Waals surface area contributed by atoms with E-state index in [1.165, 1.54) is 6.07 Å². The lowest BCUT2D eigenvalue weighted by Crippen LogP contribution is -2.39. The quantitative estimate of drug-likeness (QED) is 0.436. The molecule has 1 atom stereocenters.